The number of thiophene rings is 1. The van der Waals surface area contributed by atoms with Crippen molar-refractivity contribution in [3.05, 3.63) is 69.2 Å². The van der Waals surface area contributed by atoms with Crippen LogP contribution in [-0.2, 0) is 6.54 Å². The molecule has 1 amide bonds. The van der Waals surface area contributed by atoms with Gasteiger partial charge in [-0.25, -0.2) is 4.98 Å². The lowest BCUT2D eigenvalue weighted by Crippen LogP contribution is -2.31. The molecule has 0 atom stereocenters. The molecule has 9 heteroatoms. The first-order chi connectivity index (χ1) is 13.1. The molecule has 0 fully saturated rings. The highest BCUT2D eigenvalue weighted by Gasteiger charge is 2.11. The Morgan fingerprint density at radius 1 is 1.26 bits per heavy atom. The lowest BCUT2D eigenvalue weighted by Gasteiger charge is -2.06. The minimum atomic E-state index is -0.291. The number of aromatic nitrogens is 4. The molecular weight excluding hydrogens is 386 g/mol. The first kappa shape index (κ1) is 17.4. The van der Waals surface area contributed by atoms with Crippen LogP contribution in [0.5, 0.6) is 0 Å². The summed E-state index contributed by atoms with van der Waals surface area (Å²) < 4.78 is 2.11. The number of aromatic amines is 1. The zero-order chi connectivity index (χ0) is 18.8. The lowest BCUT2D eigenvalue weighted by atomic mass is 10.1. The van der Waals surface area contributed by atoms with Gasteiger partial charge in [-0.2, -0.15) is 5.10 Å². The number of fused-ring (bicyclic) bond motifs is 1. The third kappa shape index (κ3) is 3.62. The van der Waals surface area contributed by atoms with Crippen LogP contribution in [0.3, 0.4) is 0 Å². The summed E-state index contributed by atoms with van der Waals surface area (Å²) in [4.78, 5) is 28.8. The molecule has 0 saturated heterocycles. The number of rotatable bonds is 5. The van der Waals surface area contributed by atoms with Crippen molar-refractivity contribution in [2.45, 2.75) is 6.54 Å². The van der Waals surface area contributed by atoms with Gasteiger partial charge in [0.15, 0.2) is 0 Å². The van der Waals surface area contributed by atoms with E-state index >= 15 is 0 Å². The van der Waals surface area contributed by atoms with Crippen LogP contribution in [-0.4, -0.2) is 32.2 Å². The lowest BCUT2D eigenvalue weighted by molar-refractivity contribution is 0.0947. The van der Waals surface area contributed by atoms with Crippen LogP contribution in [0.2, 0.25) is 5.02 Å². The summed E-state index contributed by atoms with van der Waals surface area (Å²) >= 11 is 7.24. The monoisotopic (exact) mass is 399 g/mol. The summed E-state index contributed by atoms with van der Waals surface area (Å²) in [5.74, 6) is -0.291. The van der Waals surface area contributed by atoms with Gasteiger partial charge in [-0.1, -0.05) is 23.7 Å². The second-order valence-electron chi connectivity index (χ2n) is 5.81. The van der Waals surface area contributed by atoms with E-state index in [-0.39, 0.29) is 11.5 Å². The fourth-order valence-electron chi connectivity index (χ4n) is 2.63. The molecular formula is C18H14ClN5O2S. The molecule has 0 radical (unpaired) electrons. The van der Waals surface area contributed by atoms with Gasteiger partial charge in [0.05, 0.1) is 17.5 Å². The van der Waals surface area contributed by atoms with E-state index < -0.39 is 0 Å². The first-order valence-corrected chi connectivity index (χ1v) is 9.40. The zero-order valence-corrected chi connectivity index (χ0v) is 15.5. The summed E-state index contributed by atoms with van der Waals surface area (Å²) in [5, 5.41) is 12.1. The molecule has 0 aliphatic carbocycles. The molecule has 3 aromatic heterocycles. The highest BCUT2D eigenvalue weighted by molar-refractivity contribution is 7.17. The maximum atomic E-state index is 12.3. The highest BCUT2D eigenvalue weighted by Crippen LogP contribution is 2.20. The first-order valence-electron chi connectivity index (χ1n) is 8.14. The average Bonchev–Trinajstić information content (AvgIpc) is 3.34. The topological polar surface area (TPSA) is 92.7 Å². The third-order valence-corrected chi connectivity index (χ3v) is 5.18. The fourth-order valence-corrected chi connectivity index (χ4v) is 3.55. The molecule has 136 valence electrons. The number of H-pyrrole nitrogens is 1. The standard InChI is InChI=1S/C18H14ClN5O2S/c19-12-3-1-11(2-4-12)14-9-15(23-22-14)17(25)20-6-7-24-10-21-13-5-8-27-16(13)18(24)26/h1-5,8-10H,6-7H2,(H,20,25)(H,22,23). The van der Waals surface area contributed by atoms with E-state index in [1.165, 1.54) is 22.2 Å². The van der Waals surface area contributed by atoms with Crippen molar-refractivity contribution in [1.82, 2.24) is 25.1 Å². The summed E-state index contributed by atoms with van der Waals surface area (Å²) in [7, 11) is 0. The van der Waals surface area contributed by atoms with Crippen LogP contribution < -0.4 is 10.9 Å². The average molecular weight is 400 g/mol. The van der Waals surface area contributed by atoms with Gasteiger partial charge in [0.1, 0.15) is 10.4 Å². The number of hydrogen-bond acceptors (Lipinski definition) is 5. The van der Waals surface area contributed by atoms with Crippen molar-refractivity contribution in [3.8, 4) is 11.3 Å². The number of benzene rings is 1. The normalized spacial score (nSPS) is 11.0. The molecule has 1 aromatic carbocycles. The number of carbonyl (C=O) groups is 1. The Kier molecular flexibility index (Phi) is 4.74. The fraction of sp³-hybridized carbons (Fsp3) is 0.111. The molecule has 0 bridgehead atoms. The predicted molar refractivity (Wildman–Crippen MR) is 105 cm³/mol. The van der Waals surface area contributed by atoms with Crippen molar-refractivity contribution in [3.63, 3.8) is 0 Å². The quantitative estimate of drug-likeness (QED) is 0.539. The van der Waals surface area contributed by atoms with Gasteiger partial charge in [-0.15, -0.1) is 11.3 Å². The molecule has 0 spiro atoms. The maximum Gasteiger partial charge on any atom is 0.271 e. The molecule has 0 aliphatic rings. The van der Waals surface area contributed by atoms with Gasteiger partial charge < -0.3 is 5.32 Å². The van der Waals surface area contributed by atoms with Gasteiger partial charge in [0.2, 0.25) is 0 Å². The largest absolute Gasteiger partial charge is 0.349 e. The Hall–Kier alpha value is -2.97. The second-order valence-corrected chi connectivity index (χ2v) is 7.16. The van der Waals surface area contributed by atoms with Crippen molar-refractivity contribution in [2.75, 3.05) is 6.54 Å². The van der Waals surface area contributed by atoms with Gasteiger partial charge in [0, 0.05) is 23.7 Å². The smallest absolute Gasteiger partial charge is 0.271 e. The van der Waals surface area contributed by atoms with Crippen LogP contribution >= 0.6 is 22.9 Å². The van der Waals surface area contributed by atoms with Gasteiger partial charge in [-0.3, -0.25) is 19.3 Å². The molecule has 2 N–H and O–H groups in total. The zero-order valence-electron chi connectivity index (χ0n) is 14.0. The minimum absolute atomic E-state index is 0.101. The Bertz CT molecular complexity index is 1160. The van der Waals surface area contributed by atoms with Crippen molar-refractivity contribution < 1.29 is 4.79 Å². The number of amides is 1. The second kappa shape index (κ2) is 7.34. The van der Waals surface area contributed by atoms with E-state index in [0.29, 0.717) is 39.7 Å². The number of hydrogen-bond donors (Lipinski definition) is 2. The minimum Gasteiger partial charge on any atom is -0.349 e. The summed E-state index contributed by atoms with van der Waals surface area (Å²) in [6, 6.07) is 10.7. The van der Waals surface area contributed by atoms with Crippen LogP contribution in [0.15, 0.2) is 52.9 Å². The number of nitrogens with one attached hydrogen (secondary N) is 2. The van der Waals surface area contributed by atoms with E-state index in [2.05, 4.69) is 20.5 Å². The highest BCUT2D eigenvalue weighted by atomic mass is 35.5. The van der Waals surface area contributed by atoms with E-state index in [1.807, 2.05) is 23.6 Å². The van der Waals surface area contributed by atoms with Crippen molar-refractivity contribution >= 4 is 39.1 Å². The molecule has 7 nitrogen and oxygen atoms in total. The van der Waals surface area contributed by atoms with Crippen molar-refractivity contribution in [1.29, 1.82) is 0 Å². The third-order valence-electron chi connectivity index (χ3n) is 4.04. The van der Waals surface area contributed by atoms with E-state index in [0.717, 1.165) is 5.56 Å². The molecule has 0 aliphatic heterocycles. The number of halogens is 1. The molecule has 0 saturated carbocycles. The Balaban J connectivity index is 1.40. The van der Waals surface area contributed by atoms with E-state index in [4.69, 9.17) is 11.6 Å². The number of carbonyl (C=O) groups excluding carboxylic acids is 1. The Morgan fingerprint density at radius 3 is 2.89 bits per heavy atom. The predicted octanol–water partition coefficient (Wildman–Crippen LogP) is 2.93. The molecule has 3 heterocycles. The molecule has 4 rings (SSSR count). The van der Waals surface area contributed by atoms with Gasteiger partial charge in [-0.05, 0) is 29.6 Å². The van der Waals surface area contributed by atoms with Crippen LogP contribution in [0.25, 0.3) is 21.5 Å². The van der Waals surface area contributed by atoms with Gasteiger partial charge >= 0.3 is 0 Å². The summed E-state index contributed by atoms with van der Waals surface area (Å²) in [5.41, 5.74) is 2.45. The van der Waals surface area contributed by atoms with Crippen LogP contribution in [0.1, 0.15) is 10.5 Å². The van der Waals surface area contributed by atoms with Crippen LogP contribution in [0, 0.1) is 0 Å². The summed E-state index contributed by atoms with van der Waals surface area (Å²) in [6.07, 6.45) is 1.50. The SMILES string of the molecule is O=C(NCCn1cnc2ccsc2c1=O)c1cc(-c2ccc(Cl)cc2)n[nH]1. The molecule has 27 heavy (non-hydrogen) atoms. The molecule has 4 aromatic rings. The summed E-state index contributed by atoms with van der Waals surface area (Å²) in [6.45, 7) is 0.635. The Labute approximate surface area is 162 Å². The van der Waals surface area contributed by atoms with Crippen molar-refractivity contribution in [2.24, 2.45) is 0 Å². The Morgan fingerprint density at radius 2 is 2.07 bits per heavy atom. The van der Waals surface area contributed by atoms with Gasteiger partial charge in [0.25, 0.3) is 11.5 Å². The van der Waals surface area contributed by atoms with E-state index in [1.54, 1.807) is 18.2 Å². The maximum absolute atomic E-state index is 12.3. The van der Waals surface area contributed by atoms with E-state index in [9.17, 15) is 9.59 Å². The molecule has 0 unspecified atom stereocenters. The van der Waals surface area contributed by atoms with Crippen LogP contribution in [0.4, 0.5) is 0 Å². The number of nitrogens with zero attached hydrogens (tertiary/aromatic N) is 3.